The molecule has 3 aromatic carbocycles. The lowest BCUT2D eigenvalue weighted by Crippen LogP contribution is -2.37. The predicted molar refractivity (Wildman–Crippen MR) is 168 cm³/mol. The molecule has 1 amide bonds. The van der Waals surface area contributed by atoms with Crippen LogP contribution in [0.25, 0.3) is 0 Å². The number of carboxylic acid groups (broad SMARTS) is 1. The number of nitrogens with zero attached hydrogens (tertiary/aromatic N) is 3. The molecule has 42 heavy (non-hydrogen) atoms. The van der Waals surface area contributed by atoms with Gasteiger partial charge in [0.1, 0.15) is 0 Å². The van der Waals surface area contributed by atoms with E-state index in [1.54, 1.807) is 31.3 Å². The Morgan fingerprint density at radius 1 is 0.952 bits per heavy atom. The summed E-state index contributed by atoms with van der Waals surface area (Å²) in [7, 11) is -1.88. The van der Waals surface area contributed by atoms with E-state index in [4.69, 9.17) is 0 Å². The molecule has 0 saturated carbocycles. The van der Waals surface area contributed by atoms with Gasteiger partial charge in [-0.25, -0.2) is 17.5 Å². The van der Waals surface area contributed by atoms with Gasteiger partial charge in [0, 0.05) is 26.7 Å². The number of carbonyl (C=O) groups is 1. The molecule has 1 fully saturated rings. The van der Waals surface area contributed by atoms with Gasteiger partial charge in [0.15, 0.2) is 0 Å². The highest BCUT2D eigenvalue weighted by molar-refractivity contribution is 7.89. The molecule has 1 unspecified atom stereocenters. The molecular weight excluding hydrogens is 546 g/mol. The fourth-order valence-electron chi connectivity index (χ4n) is 5.91. The Balaban J connectivity index is 1.25. The number of rotatable bonds is 14. The van der Waals surface area contributed by atoms with Crippen molar-refractivity contribution in [3.8, 4) is 0 Å². The molecule has 0 radical (unpaired) electrons. The number of likely N-dealkylation sites (tertiary alicyclic amines) is 1. The van der Waals surface area contributed by atoms with E-state index in [0.717, 1.165) is 68.4 Å². The van der Waals surface area contributed by atoms with E-state index in [1.165, 1.54) is 9.21 Å². The van der Waals surface area contributed by atoms with Crippen LogP contribution in [0.2, 0.25) is 0 Å². The summed E-state index contributed by atoms with van der Waals surface area (Å²) in [6, 6.07) is 26.8. The first-order valence-corrected chi connectivity index (χ1v) is 16.5. The topological polar surface area (TPSA) is 81.2 Å². The molecule has 0 aromatic heterocycles. The van der Waals surface area contributed by atoms with Crippen LogP contribution in [-0.4, -0.2) is 73.5 Å². The molecule has 8 heteroatoms. The van der Waals surface area contributed by atoms with E-state index in [1.807, 2.05) is 55.5 Å². The van der Waals surface area contributed by atoms with Gasteiger partial charge < -0.3 is 14.9 Å². The van der Waals surface area contributed by atoms with E-state index in [2.05, 4.69) is 17.0 Å². The summed E-state index contributed by atoms with van der Waals surface area (Å²) in [6.07, 6.45) is 4.17. The summed E-state index contributed by atoms with van der Waals surface area (Å²) in [5.41, 5.74) is 3.34. The second-order valence-electron chi connectivity index (χ2n) is 11.6. The number of sulfonamides is 1. The highest BCUT2D eigenvalue weighted by Gasteiger charge is 2.26. The van der Waals surface area contributed by atoms with Gasteiger partial charge in [-0.15, -0.1) is 0 Å². The van der Waals surface area contributed by atoms with Crippen molar-refractivity contribution in [2.45, 2.75) is 56.4 Å². The summed E-state index contributed by atoms with van der Waals surface area (Å²) in [5, 5.41) is 9.72. The molecule has 1 atom stereocenters. The van der Waals surface area contributed by atoms with Crippen molar-refractivity contribution < 1.29 is 18.3 Å². The van der Waals surface area contributed by atoms with Crippen LogP contribution in [0.15, 0.2) is 89.8 Å². The second kappa shape index (κ2) is 15.3. The van der Waals surface area contributed by atoms with E-state index in [0.29, 0.717) is 30.4 Å². The Morgan fingerprint density at radius 3 is 2.21 bits per heavy atom. The molecule has 1 aliphatic heterocycles. The van der Waals surface area contributed by atoms with E-state index in [-0.39, 0.29) is 5.92 Å². The maximum Gasteiger partial charge on any atom is 0.407 e. The van der Waals surface area contributed by atoms with Crippen molar-refractivity contribution in [1.29, 1.82) is 0 Å². The first-order valence-electron chi connectivity index (χ1n) is 15.0. The van der Waals surface area contributed by atoms with Crippen molar-refractivity contribution >= 4 is 16.1 Å². The number of hydrogen-bond acceptors (Lipinski definition) is 4. The minimum Gasteiger partial charge on any atom is -0.465 e. The van der Waals surface area contributed by atoms with E-state index >= 15 is 0 Å². The third kappa shape index (κ3) is 8.90. The molecule has 1 heterocycles. The fraction of sp³-hybridized carbons (Fsp3) is 0.441. The summed E-state index contributed by atoms with van der Waals surface area (Å²) in [6.45, 7) is 6.42. The molecule has 1 saturated heterocycles. The number of amides is 1. The third-order valence-electron chi connectivity index (χ3n) is 8.63. The Morgan fingerprint density at radius 2 is 1.57 bits per heavy atom. The van der Waals surface area contributed by atoms with Crippen LogP contribution in [0.1, 0.15) is 54.7 Å². The maximum atomic E-state index is 13.2. The van der Waals surface area contributed by atoms with Crippen LogP contribution < -0.4 is 0 Å². The Hall–Kier alpha value is -3.20. The highest BCUT2D eigenvalue weighted by atomic mass is 32.2. The van der Waals surface area contributed by atoms with E-state index in [9.17, 15) is 18.3 Å². The van der Waals surface area contributed by atoms with Crippen LogP contribution in [-0.2, 0) is 16.6 Å². The predicted octanol–water partition coefficient (Wildman–Crippen LogP) is 6.46. The Labute approximate surface area is 251 Å². The van der Waals surface area contributed by atoms with Gasteiger partial charge in [0.25, 0.3) is 0 Å². The second-order valence-corrected chi connectivity index (χ2v) is 13.6. The summed E-state index contributed by atoms with van der Waals surface area (Å²) in [5.74, 6) is 0.713. The van der Waals surface area contributed by atoms with Crippen molar-refractivity contribution in [3.63, 3.8) is 0 Å². The highest BCUT2D eigenvalue weighted by Crippen LogP contribution is 2.27. The zero-order chi connectivity index (χ0) is 30.0. The van der Waals surface area contributed by atoms with Crippen LogP contribution in [0.3, 0.4) is 0 Å². The zero-order valence-electron chi connectivity index (χ0n) is 24.9. The lowest BCUT2D eigenvalue weighted by Gasteiger charge is -2.33. The number of likely N-dealkylation sites (N-methyl/N-ethyl adjacent to an activating group) is 1. The fourth-order valence-corrected chi connectivity index (χ4v) is 7.15. The summed E-state index contributed by atoms with van der Waals surface area (Å²) in [4.78, 5) is 16.2. The molecule has 0 aliphatic carbocycles. The minimum absolute atomic E-state index is 0.0997. The van der Waals surface area contributed by atoms with E-state index < -0.39 is 16.1 Å². The van der Waals surface area contributed by atoms with Crippen LogP contribution in [0.5, 0.6) is 0 Å². The SMILES string of the molecule is Cc1ccccc1CN(CCCC1CCN(CCC(CN(C)S(=O)(=O)c2ccccc2)c2ccccc2)CC1)C(=O)O. The average molecular weight is 592 g/mol. The number of aryl methyl sites for hydroxylation is 1. The van der Waals surface area contributed by atoms with Crippen LogP contribution in [0.4, 0.5) is 4.79 Å². The molecule has 7 nitrogen and oxygen atoms in total. The third-order valence-corrected chi connectivity index (χ3v) is 10.5. The van der Waals surface area contributed by atoms with Gasteiger partial charge in [0.05, 0.1) is 4.90 Å². The van der Waals surface area contributed by atoms with Crippen LogP contribution >= 0.6 is 0 Å². The monoisotopic (exact) mass is 591 g/mol. The smallest absolute Gasteiger partial charge is 0.407 e. The number of benzene rings is 3. The number of hydrogen-bond donors (Lipinski definition) is 1. The van der Waals surface area contributed by atoms with Crippen molar-refractivity contribution in [2.24, 2.45) is 5.92 Å². The summed E-state index contributed by atoms with van der Waals surface area (Å²) < 4.78 is 27.9. The number of piperidine rings is 1. The molecule has 1 N–H and O–H groups in total. The van der Waals surface area contributed by atoms with Crippen molar-refractivity contribution in [3.05, 3.63) is 102 Å². The lowest BCUT2D eigenvalue weighted by atomic mass is 9.91. The van der Waals surface area contributed by atoms with Crippen molar-refractivity contribution in [2.75, 3.05) is 39.8 Å². The van der Waals surface area contributed by atoms with Gasteiger partial charge in [-0.2, -0.15) is 0 Å². The first-order chi connectivity index (χ1) is 20.2. The normalized spacial score (nSPS) is 15.5. The quantitative estimate of drug-likeness (QED) is 0.233. The molecule has 226 valence electrons. The Kier molecular flexibility index (Phi) is 11.6. The molecular formula is C34H45N3O4S. The van der Waals surface area contributed by atoms with Crippen LogP contribution in [0, 0.1) is 12.8 Å². The largest absolute Gasteiger partial charge is 0.465 e. The van der Waals surface area contributed by atoms with Gasteiger partial charge in [-0.05, 0) is 99.3 Å². The van der Waals surface area contributed by atoms with Crippen molar-refractivity contribution in [1.82, 2.24) is 14.1 Å². The maximum absolute atomic E-state index is 13.2. The van der Waals surface area contributed by atoms with Gasteiger partial charge >= 0.3 is 6.09 Å². The molecule has 3 aromatic rings. The lowest BCUT2D eigenvalue weighted by molar-refractivity contribution is 0.136. The standard InChI is InChI=1S/C34H45N3O4S/c1-28-12-9-10-16-31(28)27-37(34(38)39)22-11-13-29-19-23-36(24-20-29)25-21-32(30-14-5-3-6-15-30)26-35(2)42(40,41)33-17-7-4-8-18-33/h3-10,12,14-18,29,32H,11,13,19-27H2,1-2H3,(H,38,39). The molecule has 0 bridgehead atoms. The molecule has 1 aliphatic rings. The molecule has 0 spiro atoms. The first kappa shape index (κ1) is 31.7. The molecule has 4 rings (SSSR count). The van der Waals surface area contributed by atoms with Gasteiger partial charge in [0.2, 0.25) is 10.0 Å². The van der Waals surface area contributed by atoms with Gasteiger partial charge in [-0.1, -0.05) is 72.8 Å². The average Bonchev–Trinajstić information content (AvgIpc) is 3.01. The summed E-state index contributed by atoms with van der Waals surface area (Å²) >= 11 is 0. The van der Waals surface area contributed by atoms with Gasteiger partial charge in [-0.3, -0.25) is 0 Å². The minimum atomic E-state index is -3.55. The zero-order valence-corrected chi connectivity index (χ0v) is 25.8. The Bertz CT molecular complexity index is 1360.